The molecule has 2 atom stereocenters. The summed E-state index contributed by atoms with van der Waals surface area (Å²) in [7, 11) is 0. The molecule has 7 nitrogen and oxygen atoms in total. The van der Waals surface area contributed by atoms with Crippen LogP contribution in [0.25, 0.3) is 0 Å². The molecule has 1 N–H and O–H groups in total. The van der Waals surface area contributed by atoms with Crippen LogP contribution in [0, 0.1) is 0 Å². The Bertz CT molecular complexity index is 965. The van der Waals surface area contributed by atoms with Gasteiger partial charge in [0.2, 0.25) is 12.7 Å². The highest BCUT2D eigenvalue weighted by Crippen LogP contribution is 2.35. The number of carbonyl (C=O) groups is 1. The lowest BCUT2D eigenvalue weighted by atomic mass is 10.2. The Morgan fingerprint density at radius 3 is 2.76 bits per heavy atom. The smallest absolute Gasteiger partial charge is 0.231 e. The first kappa shape index (κ1) is 21.9. The van der Waals surface area contributed by atoms with Gasteiger partial charge in [0.25, 0.3) is 0 Å². The Kier molecular flexibility index (Phi) is 6.58. The molecule has 2 aromatic carbocycles. The SMILES string of the molecule is CC1CCCN1CCCOc1ccc(N2C(=O)CC[C@H]2CNc2ccc3c(c2)OCO3)cc1. The number of carbonyl (C=O) groups excluding carboxylic acids is 1. The number of nitrogens with one attached hydrogen (secondary N) is 1. The van der Waals surface area contributed by atoms with Gasteiger partial charge < -0.3 is 29.3 Å². The number of fused-ring (bicyclic) bond motifs is 1. The van der Waals surface area contributed by atoms with Gasteiger partial charge in [-0.05, 0) is 75.5 Å². The monoisotopic (exact) mass is 451 g/mol. The Morgan fingerprint density at radius 2 is 1.94 bits per heavy atom. The van der Waals surface area contributed by atoms with Gasteiger partial charge in [0.05, 0.1) is 12.6 Å². The molecule has 0 aromatic heterocycles. The second-order valence-corrected chi connectivity index (χ2v) is 9.13. The van der Waals surface area contributed by atoms with Crippen LogP contribution >= 0.6 is 0 Å². The van der Waals surface area contributed by atoms with Crippen LogP contribution in [0.5, 0.6) is 17.2 Å². The highest BCUT2D eigenvalue weighted by molar-refractivity contribution is 5.96. The van der Waals surface area contributed by atoms with Gasteiger partial charge in [0, 0.05) is 43.0 Å². The van der Waals surface area contributed by atoms with Crippen LogP contribution in [-0.2, 0) is 4.79 Å². The summed E-state index contributed by atoms with van der Waals surface area (Å²) in [6.45, 7) is 6.28. The largest absolute Gasteiger partial charge is 0.494 e. The third kappa shape index (κ3) is 5.03. The zero-order valence-electron chi connectivity index (χ0n) is 19.3. The van der Waals surface area contributed by atoms with Gasteiger partial charge in [0.1, 0.15) is 5.75 Å². The van der Waals surface area contributed by atoms with E-state index in [2.05, 4.69) is 17.1 Å². The number of likely N-dealkylation sites (tertiary alicyclic amines) is 1. The molecule has 2 saturated heterocycles. The first-order valence-corrected chi connectivity index (χ1v) is 12.1. The van der Waals surface area contributed by atoms with Crippen molar-refractivity contribution in [1.82, 2.24) is 4.90 Å². The second kappa shape index (κ2) is 9.91. The van der Waals surface area contributed by atoms with Crippen molar-refractivity contribution in [1.29, 1.82) is 0 Å². The maximum Gasteiger partial charge on any atom is 0.231 e. The molecule has 5 rings (SSSR count). The molecule has 2 aromatic rings. The van der Waals surface area contributed by atoms with Crippen LogP contribution in [-0.4, -0.2) is 55.9 Å². The second-order valence-electron chi connectivity index (χ2n) is 9.13. The lowest BCUT2D eigenvalue weighted by molar-refractivity contribution is -0.117. The third-order valence-electron chi connectivity index (χ3n) is 6.90. The van der Waals surface area contributed by atoms with Gasteiger partial charge in [-0.25, -0.2) is 0 Å². The number of rotatable bonds is 9. The minimum absolute atomic E-state index is 0.108. The van der Waals surface area contributed by atoms with Crippen molar-refractivity contribution in [2.45, 2.75) is 51.1 Å². The van der Waals surface area contributed by atoms with Crippen LogP contribution in [0.15, 0.2) is 42.5 Å². The van der Waals surface area contributed by atoms with E-state index in [9.17, 15) is 4.79 Å². The van der Waals surface area contributed by atoms with Gasteiger partial charge in [-0.2, -0.15) is 0 Å². The van der Waals surface area contributed by atoms with Crippen molar-refractivity contribution < 1.29 is 19.0 Å². The molecule has 3 aliphatic heterocycles. The van der Waals surface area contributed by atoms with Gasteiger partial charge in [-0.3, -0.25) is 4.79 Å². The molecule has 7 heteroatoms. The molecule has 33 heavy (non-hydrogen) atoms. The number of amides is 1. The number of benzene rings is 2. The van der Waals surface area contributed by atoms with Crippen molar-refractivity contribution >= 4 is 17.3 Å². The molecular weight excluding hydrogens is 418 g/mol. The Balaban J connectivity index is 1.13. The summed E-state index contributed by atoms with van der Waals surface area (Å²) >= 11 is 0. The normalized spacial score (nSPS) is 22.2. The summed E-state index contributed by atoms with van der Waals surface area (Å²) in [5.74, 6) is 2.55. The van der Waals surface area contributed by atoms with Crippen molar-refractivity contribution in [3.05, 3.63) is 42.5 Å². The summed E-state index contributed by atoms with van der Waals surface area (Å²) in [5.41, 5.74) is 1.89. The van der Waals surface area contributed by atoms with E-state index in [1.165, 1.54) is 19.4 Å². The van der Waals surface area contributed by atoms with Crippen LogP contribution < -0.4 is 24.4 Å². The van der Waals surface area contributed by atoms with Crippen LogP contribution in [0.4, 0.5) is 11.4 Å². The number of hydrogen-bond acceptors (Lipinski definition) is 6. The maximum absolute atomic E-state index is 12.6. The van der Waals surface area contributed by atoms with Crippen LogP contribution in [0.1, 0.15) is 39.0 Å². The lowest BCUT2D eigenvalue weighted by Gasteiger charge is -2.26. The molecule has 0 aliphatic carbocycles. The summed E-state index contributed by atoms with van der Waals surface area (Å²) < 4.78 is 16.8. The minimum atomic E-state index is 0.108. The van der Waals surface area contributed by atoms with Crippen molar-refractivity contribution in [2.24, 2.45) is 0 Å². The summed E-state index contributed by atoms with van der Waals surface area (Å²) in [5, 5.41) is 3.45. The first-order valence-electron chi connectivity index (χ1n) is 12.1. The van der Waals surface area contributed by atoms with E-state index < -0.39 is 0 Å². The van der Waals surface area contributed by atoms with E-state index in [-0.39, 0.29) is 18.7 Å². The van der Waals surface area contributed by atoms with Crippen molar-refractivity contribution in [3.63, 3.8) is 0 Å². The average molecular weight is 452 g/mol. The van der Waals surface area contributed by atoms with Gasteiger partial charge in [-0.1, -0.05) is 0 Å². The third-order valence-corrected chi connectivity index (χ3v) is 6.90. The fourth-order valence-corrected chi connectivity index (χ4v) is 5.02. The maximum atomic E-state index is 12.6. The van der Waals surface area contributed by atoms with Gasteiger partial charge in [-0.15, -0.1) is 0 Å². The quantitative estimate of drug-likeness (QED) is 0.575. The number of anilines is 2. The Morgan fingerprint density at radius 1 is 1.09 bits per heavy atom. The molecule has 3 aliphatic rings. The number of ether oxygens (including phenoxy) is 3. The summed E-state index contributed by atoms with van der Waals surface area (Å²) in [4.78, 5) is 17.1. The van der Waals surface area contributed by atoms with Crippen LogP contribution in [0.3, 0.4) is 0 Å². The number of nitrogens with zero attached hydrogens (tertiary/aromatic N) is 2. The summed E-state index contributed by atoms with van der Waals surface area (Å²) in [6, 6.07) is 14.6. The van der Waals surface area contributed by atoms with E-state index in [1.54, 1.807) is 0 Å². The van der Waals surface area contributed by atoms with Crippen LogP contribution in [0.2, 0.25) is 0 Å². The molecule has 1 amide bonds. The standard InChI is InChI=1S/C26H33N3O4/c1-19-4-2-13-28(19)14-3-15-31-23-9-6-21(7-10-23)29-22(8-12-26(29)30)17-27-20-5-11-24-25(16-20)33-18-32-24/h5-7,9-11,16,19,22,27H,2-4,8,12-15,17-18H2,1H3/t19?,22-/m0/s1. The molecule has 0 spiro atoms. The number of hydrogen-bond donors (Lipinski definition) is 1. The molecule has 2 fully saturated rings. The molecule has 3 heterocycles. The van der Waals surface area contributed by atoms with Gasteiger partial charge >= 0.3 is 0 Å². The Hall–Kier alpha value is -2.93. The molecular formula is C26H33N3O4. The van der Waals surface area contributed by atoms with Crippen molar-refractivity contribution in [3.8, 4) is 17.2 Å². The fraction of sp³-hybridized carbons (Fsp3) is 0.500. The van der Waals surface area contributed by atoms with Crippen molar-refractivity contribution in [2.75, 3.05) is 43.3 Å². The first-order chi connectivity index (χ1) is 16.2. The highest BCUT2D eigenvalue weighted by Gasteiger charge is 2.32. The predicted octanol–water partition coefficient (Wildman–Crippen LogP) is 4.28. The Labute approximate surface area is 195 Å². The van der Waals surface area contributed by atoms with E-state index in [4.69, 9.17) is 14.2 Å². The topological polar surface area (TPSA) is 63.3 Å². The zero-order valence-corrected chi connectivity index (χ0v) is 19.3. The van der Waals surface area contributed by atoms with E-state index in [1.807, 2.05) is 47.4 Å². The average Bonchev–Trinajstić information content (AvgIpc) is 3.55. The molecule has 0 saturated carbocycles. The minimum Gasteiger partial charge on any atom is -0.494 e. The predicted molar refractivity (Wildman–Crippen MR) is 128 cm³/mol. The van der Waals surface area contributed by atoms with E-state index in [0.717, 1.165) is 48.0 Å². The highest BCUT2D eigenvalue weighted by atomic mass is 16.7. The molecule has 176 valence electrons. The zero-order chi connectivity index (χ0) is 22.6. The molecule has 0 bridgehead atoms. The summed E-state index contributed by atoms with van der Waals surface area (Å²) in [6.07, 6.45) is 5.06. The lowest BCUT2D eigenvalue weighted by Crippen LogP contribution is -2.37. The van der Waals surface area contributed by atoms with E-state index >= 15 is 0 Å². The van der Waals surface area contributed by atoms with Gasteiger partial charge in [0.15, 0.2) is 11.5 Å². The van der Waals surface area contributed by atoms with E-state index in [0.29, 0.717) is 25.6 Å². The molecule has 0 radical (unpaired) electrons. The molecule has 1 unspecified atom stereocenters. The fourth-order valence-electron chi connectivity index (χ4n) is 5.02.